The molecule has 0 radical (unpaired) electrons. The van der Waals surface area contributed by atoms with E-state index in [1.54, 1.807) is 6.07 Å². The summed E-state index contributed by atoms with van der Waals surface area (Å²) in [5, 5.41) is 9.15. The topological polar surface area (TPSA) is 23.8 Å². The van der Waals surface area contributed by atoms with Crippen molar-refractivity contribution in [2.45, 2.75) is 6.92 Å². The summed E-state index contributed by atoms with van der Waals surface area (Å²) >= 11 is 9.10. The van der Waals surface area contributed by atoms with Gasteiger partial charge < -0.3 is 0 Å². The van der Waals surface area contributed by atoms with Crippen molar-refractivity contribution in [1.29, 1.82) is 5.26 Å². The highest BCUT2D eigenvalue weighted by Crippen LogP contribution is 2.24. The van der Waals surface area contributed by atoms with Gasteiger partial charge in [-0.05, 0) is 24.6 Å². The van der Waals surface area contributed by atoms with Gasteiger partial charge in [-0.15, -0.1) is 0 Å². The summed E-state index contributed by atoms with van der Waals surface area (Å²) in [4.78, 5) is 0. The number of hydrogen-bond acceptors (Lipinski definition) is 1. The molecule has 1 nitrogen and oxygen atoms in total. The Hall–Kier alpha value is -0.520. The smallest absolute Gasteiger partial charge is 0.101 e. The number of halogens is 2. The molecule has 56 valence electrons. The molecular formula is C8H5BrClN. The van der Waals surface area contributed by atoms with Crippen molar-refractivity contribution in [1.82, 2.24) is 0 Å². The number of benzene rings is 1. The largest absolute Gasteiger partial charge is 0.192 e. The number of aryl methyl sites for hydroxylation is 1. The molecule has 0 amide bonds. The summed E-state index contributed by atoms with van der Waals surface area (Å²) in [6.45, 7) is 1.87. The Labute approximate surface area is 78.7 Å². The zero-order valence-electron chi connectivity index (χ0n) is 5.86. The predicted octanol–water partition coefficient (Wildman–Crippen LogP) is 3.28. The minimum atomic E-state index is 0.513. The van der Waals surface area contributed by atoms with Crippen molar-refractivity contribution >= 4 is 27.5 Å². The number of nitrogens with zero attached hydrogens (tertiary/aromatic N) is 1. The minimum Gasteiger partial charge on any atom is -0.192 e. The van der Waals surface area contributed by atoms with Crippen LogP contribution in [0.5, 0.6) is 0 Å². The fourth-order valence-electron chi connectivity index (χ4n) is 0.807. The van der Waals surface area contributed by atoms with Crippen LogP contribution < -0.4 is 0 Å². The van der Waals surface area contributed by atoms with Gasteiger partial charge in [0.15, 0.2) is 0 Å². The highest BCUT2D eigenvalue weighted by molar-refractivity contribution is 9.10. The maximum absolute atomic E-state index is 8.61. The van der Waals surface area contributed by atoms with Crippen molar-refractivity contribution in [3.05, 3.63) is 32.8 Å². The lowest BCUT2D eigenvalue weighted by atomic mass is 10.1. The molecule has 0 aliphatic rings. The summed E-state index contributed by atoms with van der Waals surface area (Å²) in [6, 6.07) is 5.60. The second kappa shape index (κ2) is 3.25. The van der Waals surface area contributed by atoms with Crippen LogP contribution in [-0.2, 0) is 0 Å². The number of rotatable bonds is 0. The van der Waals surface area contributed by atoms with E-state index in [1.165, 1.54) is 0 Å². The van der Waals surface area contributed by atoms with Crippen LogP contribution in [0.1, 0.15) is 11.1 Å². The fourth-order valence-corrected chi connectivity index (χ4v) is 1.53. The second-order valence-corrected chi connectivity index (χ2v) is 3.49. The molecule has 0 bridgehead atoms. The van der Waals surface area contributed by atoms with Crippen LogP contribution in [0.4, 0.5) is 0 Å². The predicted molar refractivity (Wildman–Crippen MR) is 48.6 cm³/mol. The zero-order valence-corrected chi connectivity index (χ0v) is 8.20. The Kier molecular flexibility index (Phi) is 2.53. The molecule has 0 aliphatic heterocycles. The number of hydrogen-bond donors (Lipinski definition) is 0. The van der Waals surface area contributed by atoms with E-state index in [0.717, 1.165) is 10.0 Å². The molecule has 1 rings (SSSR count). The van der Waals surface area contributed by atoms with Crippen molar-refractivity contribution in [3.63, 3.8) is 0 Å². The summed E-state index contributed by atoms with van der Waals surface area (Å²) in [5.41, 5.74) is 1.43. The lowest BCUT2D eigenvalue weighted by Gasteiger charge is -1.99. The molecule has 0 spiro atoms. The van der Waals surface area contributed by atoms with E-state index in [2.05, 4.69) is 15.9 Å². The Morgan fingerprint density at radius 3 is 2.73 bits per heavy atom. The Morgan fingerprint density at radius 1 is 1.55 bits per heavy atom. The molecule has 0 saturated carbocycles. The highest BCUT2D eigenvalue weighted by Gasteiger charge is 2.03. The van der Waals surface area contributed by atoms with Crippen molar-refractivity contribution in [2.75, 3.05) is 0 Å². The summed E-state index contributed by atoms with van der Waals surface area (Å²) < 4.78 is 0.885. The SMILES string of the molecule is Cc1cc(Br)cc(C#N)c1Cl. The van der Waals surface area contributed by atoms with Gasteiger partial charge in [0, 0.05) is 4.47 Å². The van der Waals surface area contributed by atoms with Crippen LogP contribution in [0.15, 0.2) is 16.6 Å². The van der Waals surface area contributed by atoms with Gasteiger partial charge in [0.25, 0.3) is 0 Å². The average molecular weight is 230 g/mol. The summed E-state index contributed by atoms with van der Waals surface area (Å²) in [6.07, 6.45) is 0. The Morgan fingerprint density at radius 2 is 2.18 bits per heavy atom. The van der Waals surface area contributed by atoms with E-state index in [9.17, 15) is 0 Å². The molecule has 1 aromatic rings. The van der Waals surface area contributed by atoms with E-state index in [4.69, 9.17) is 16.9 Å². The van der Waals surface area contributed by atoms with Crippen LogP contribution in [0, 0.1) is 18.3 Å². The van der Waals surface area contributed by atoms with Gasteiger partial charge in [-0.3, -0.25) is 0 Å². The van der Waals surface area contributed by atoms with Crippen LogP contribution in [0.25, 0.3) is 0 Å². The van der Waals surface area contributed by atoms with Crippen LogP contribution in [0.3, 0.4) is 0 Å². The molecule has 0 heterocycles. The van der Waals surface area contributed by atoms with Gasteiger partial charge in [-0.1, -0.05) is 27.5 Å². The standard InChI is InChI=1S/C8H5BrClN/c1-5-2-7(9)3-6(4-11)8(5)10/h2-3H,1H3. The number of nitriles is 1. The molecule has 0 saturated heterocycles. The fraction of sp³-hybridized carbons (Fsp3) is 0.125. The third-order valence-electron chi connectivity index (χ3n) is 1.34. The van der Waals surface area contributed by atoms with Crippen molar-refractivity contribution < 1.29 is 0 Å². The molecule has 0 fully saturated rings. The van der Waals surface area contributed by atoms with E-state index < -0.39 is 0 Å². The van der Waals surface area contributed by atoms with Gasteiger partial charge in [0.1, 0.15) is 6.07 Å². The molecule has 0 atom stereocenters. The first kappa shape index (κ1) is 8.58. The van der Waals surface area contributed by atoms with Gasteiger partial charge in [0.2, 0.25) is 0 Å². The Bertz CT molecular complexity index is 328. The average Bonchev–Trinajstić information content (AvgIpc) is 1.96. The molecule has 0 aliphatic carbocycles. The van der Waals surface area contributed by atoms with Gasteiger partial charge in [-0.25, -0.2) is 0 Å². The maximum atomic E-state index is 8.61. The van der Waals surface area contributed by atoms with E-state index in [1.807, 2.05) is 19.1 Å². The minimum absolute atomic E-state index is 0.513. The molecule has 1 aromatic carbocycles. The third-order valence-corrected chi connectivity index (χ3v) is 2.30. The first-order valence-electron chi connectivity index (χ1n) is 3.01. The van der Waals surface area contributed by atoms with E-state index in [-0.39, 0.29) is 0 Å². The van der Waals surface area contributed by atoms with E-state index in [0.29, 0.717) is 10.6 Å². The van der Waals surface area contributed by atoms with Crippen LogP contribution >= 0.6 is 27.5 Å². The van der Waals surface area contributed by atoms with E-state index >= 15 is 0 Å². The third kappa shape index (κ3) is 1.74. The van der Waals surface area contributed by atoms with Crippen LogP contribution in [0.2, 0.25) is 5.02 Å². The van der Waals surface area contributed by atoms with Crippen molar-refractivity contribution in [2.24, 2.45) is 0 Å². The molecule has 0 unspecified atom stereocenters. The first-order valence-corrected chi connectivity index (χ1v) is 4.18. The monoisotopic (exact) mass is 229 g/mol. The van der Waals surface area contributed by atoms with Gasteiger partial charge >= 0.3 is 0 Å². The Balaban J connectivity index is 3.39. The molecule has 11 heavy (non-hydrogen) atoms. The molecule has 0 N–H and O–H groups in total. The highest BCUT2D eigenvalue weighted by atomic mass is 79.9. The van der Waals surface area contributed by atoms with Crippen LogP contribution in [-0.4, -0.2) is 0 Å². The summed E-state index contributed by atoms with van der Waals surface area (Å²) in [7, 11) is 0. The molecular weight excluding hydrogens is 225 g/mol. The summed E-state index contributed by atoms with van der Waals surface area (Å²) in [5.74, 6) is 0. The van der Waals surface area contributed by atoms with Gasteiger partial charge in [-0.2, -0.15) is 5.26 Å². The normalized spacial score (nSPS) is 9.27. The molecule has 3 heteroatoms. The zero-order chi connectivity index (χ0) is 8.43. The maximum Gasteiger partial charge on any atom is 0.101 e. The quantitative estimate of drug-likeness (QED) is 0.671. The second-order valence-electron chi connectivity index (χ2n) is 2.20. The lowest BCUT2D eigenvalue weighted by molar-refractivity contribution is 1.40. The van der Waals surface area contributed by atoms with Gasteiger partial charge in [0.05, 0.1) is 10.6 Å². The van der Waals surface area contributed by atoms with Crippen molar-refractivity contribution in [3.8, 4) is 6.07 Å². The first-order chi connectivity index (χ1) is 5.15. The molecule has 0 aromatic heterocycles. The lowest BCUT2D eigenvalue weighted by Crippen LogP contribution is -1.81.